The molecule has 1 aliphatic heterocycles. The number of nitriles is 1. The maximum atomic E-state index is 14.2. The molecule has 1 aliphatic rings. The molecule has 0 saturated heterocycles. The number of methoxy groups -OCH3 is 1. The first-order chi connectivity index (χ1) is 15.7. The van der Waals surface area contributed by atoms with Gasteiger partial charge in [-0.15, -0.1) is 10.2 Å². The van der Waals surface area contributed by atoms with Crippen LogP contribution in [0.5, 0.6) is 5.75 Å². The van der Waals surface area contributed by atoms with E-state index >= 15 is 0 Å². The highest BCUT2D eigenvalue weighted by molar-refractivity contribution is 6.33. The molecule has 2 atom stereocenters. The number of carbonyl (C=O) groups excluding carboxylic acids is 1. The van der Waals surface area contributed by atoms with E-state index in [2.05, 4.69) is 10.2 Å². The number of rotatable bonds is 4. The number of benzene rings is 2. The van der Waals surface area contributed by atoms with E-state index < -0.39 is 29.6 Å². The number of carbonyl (C=O) groups is 1. The van der Waals surface area contributed by atoms with Crippen molar-refractivity contribution in [3.63, 3.8) is 0 Å². The van der Waals surface area contributed by atoms with Crippen molar-refractivity contribution in [3.8, 4) is 17.5 Å². The van der Waals surface area contributed by atoms with Gasteiger partial charge in [0, 0.05) is 18.1 Å². The van der Waals surface area contributed by atoms with Crippen LogP contribution in [0.2, 0.25) is 5.02 Å². The number of ether oxygens (including phenoxy) is 3. The lowest BCUT2D eigenvalue weighted by Crippen LogP contribution is -2.18. The van der Waals surface area contributed by atoms with Crippen LogP contribution in [-0.2, 0) is 19.6 Å². The Morgan fingerprint density at radius 3 is 2.67 bits per heavy atom. The Bertz CT molecular complexity index is 1290. The van der Waals surface area contributed by atoms with E-state index in [1.165, 1.54) is 25.3 Å². The van der Waals surface area contributed by atoms with Crippen LogP contribution >= 0.6 is 23.2 Å². The fraction of sp³-hybridized carbons (Fsp3) is 0.238. The maximum absolute atomic E-state index is 14.2. The quantitative estimate of drug-likeness (QED) is 0.380. The minimum Gasteiger partial charge on any atom is -0.495 e. The first-order valence-corrected chi connectivity index (χ1v) is 10.1. The van der Waals surface area contributed by atoms with Gasteiger partial charge in [-0.25, -0.2) is 0 Å². The second-order valence-corrected chi connectivity index (χ2v) is 7.77. The largest absolute Gasteiger partial charge is 0.495 e. The molecular formula is C21H14Cl2F2N4O4. The highest BCUT2D eigenvalue weighted by Gasteiger charge is 2.42. The van der Waals surface area contributed by atoms with Crippen molar-refractivity contribution >= 4 is 29.2 Å². The predicted octanol–water partition coefficient (Wildman–Crippen LogP) is 4.77. The molecular weight excluding hydrogens is 481 g/mol. The van der Waals surface area contributed by atoms with Gasteiger partial charge in [-0.2, -0.15) is 14.0 Å². The van der Waals surface area contributed by atoms with Crippen LogP contribution in [0.15, 0.2) is 36.4 Å². The summed E-state index contributed by atoms with van der Waals surface area (Å²) in [7, 11) is 1.43. The summed E-state index contributed by atoms with van der Waals surface area (Å²) in [5.74, 6) is -1.58. The van der Waals surface area contributed by atoms with Crippen molar-refractivity contribution in [1.82, 2.24) is 14.8 Å². The number of hydrogen-bond acceptors (Lipinski definition) is 7. The van der Waals surface area contributed by atoms with E-state index in [9.17, 15) is 18.8 Å². The monoisotopic (exact) mass is 494 g/mol. The van der Waals surface area contributed by atoms with Gasteiger partial charge in [0.25, 0.3) is 6.29 Å². The minimum absolute atomic E-state index is 0.142. The normalized spacial score (nSPS) is 17.4. The third-order valence-electron chi connectivity index (χ3n) is 4.86. The Morgan fingerprint density at radius 2 is 2.03 bits per heavy atom. The van der Waals surface area contributed by atoms with E-state index in [-0.39, 0.29) is 27.7 Å². The zero-order valence-electron chi connectivity index (χ0n) is 17.1. The molecule has 0 radical (unpaired) electrons. The molecule has 4 rings (SSSR count). The number of hydrogen-bond donors (Lipinski definition) is 0. The topological polar surface area (TPSA) is 99.3 Å². The molecule has 1 aromatic heterocycles. The Morgan fingerprint density at radius 1 is 1.27 bits per heavy atom. The number of nitrogens with zero attached hydrogens (tertiary/aromatic N) is 4. The van der Waals surface area contributed by atoms with E-state index in [0.717, 1.165) is 11.5 Å². The van der Waals surface area contributed by atoms with Gasteiger partial charge >= 0.3 is 11.4 Å². The molecule has 3 aromatic rings. The second kappa shape index (κ2) is 8.59. The summed E-state index contributed by atoms with van der Waals surface area (Å²) in [5, 5.41) is 13.0. The molecule has 0 aliphatic carbocycles. The van der Waals surface area contributed by atoms with Crippen LogP contribution < -0.4 is 4.74 Å². The van der Waals surface area contributed by atoms with Crippen molar-refractivity contribution in [1.29, 1.82) is 5.26 Å². The summed E-state index contributed by atoms with van der Waals surface area (Å²) in [6.07, 6.45) is -2.62. The molecule has 0 fully saturated rings. The summed E-state index contributed by atoms with van der Waals surface area (Å²) in [4.78, 5) is 11.8. The van der Waals surface area contributed by atoms with Crippen LogP contribution in [0.3, 0.4) is 0 Å². The van der Waals surface area contributed by atoms with E-state index in [0.29, 0.717) is 11.3 Å². The Kier molecular flexibility index (Phi) is 5.97. The first kappa shape index (κ1) is 22.9. The van der Waals surface area contributed by atoms with Gasteiger partial charge in [0.15, 0.2) is 0 Å². The molecule has 0 spiro atoms. The number of aromatic nitrogens is 3. The standard InChI is InChI=1S/C21H14Cl2F2N4O4/c1-10(30)32-19-18-27-28-20(21(23,24)25)29(18)14-7-6-11(9-26)8-13(14)17(33-19)12-4-3-5-15(31-2)16(12)22/h3-8,17,19H,1-2H3/t17-,19+/m0/s1. The number of fused-ring (bicyclic) bond motifs is 3. The van der Waals surface area contributed by atoms with Crippen molar-refractivity contribution < 1.29 is 27.8 Å². The van der Waals surface area contributed by atoms with Crippen LogP contribution in [0.25, 0.3) is 5.69 Å². The third kappa shape index (κ3) is 4.11. The first-order valence-electron chi connectivity index (χ1n) is 9.37. The smallest absolute Gasteiger partial charge is 0.382 e. The molecule has 33 heavy (non-hydrogen) atoms. The summed E-state index contributed by atoms with van der Waals surface area (Å²) < 4.78 is 46.0. The fourth-order valence-corrected chi connectivity index (χ4v) is 3.95. The zero-order chi connectivity index (χ0) is 23.9. The van der Waals surface area contributed by atoms with Gasteiger partial charge in [-0.3, -0.25) is 9.36 Å². The van der Waals surface area contributed by atoms with Crippen molar-refractivity contribution in [2.24, 2.45) is 0 Å². The van der Waals surface area contributed by atoms with Crippen LogP contribution in [-0.4, -0.2) is 27.8 Å². The zero-order valence-corrected chi connectivity index (χ0v) is 18.6. The molecule has 0 N–H and O–H groups in total. The molecule has 0 amide bonds. The molecule has 8 nitrogen and oxygen atoms in total. The number of halogens is 4. The molecule has 0 bridgehead atoms. The van der Waals surface area contributed by atoms with Gasteiger partial charge in [0.1, 0.15) is 11.9 Å². The molecule has 170 valence electrons. The van der Waals surface area contributed by atoms with Gasteiger partial charge in [-0.1, -0.05) is 23.7 Å². The lowest BCUT2D eigenvalue weighted by atomic mass is 9.97. The SMILES string of the molecule is COc1cccc([C@@H]2O[C@@H](OC(C)=O)c3nnc(C(F)(F)Cl)n3-c3ccc(C#N)cc32)c1Cl. The predicted molar refractivity (Wildman–Crippen MR) is 111 cm³/mol. The highest BCUT2D eigenvalue weighted by Crippen LogP contribution is 2.45. The fourth-order valence-electron chi connectivity index (χ4n) is 3.53. The summed E-state index contributed by atoms with van der Waals surface area (Å²) in [6, 6.07) is 11.2. The van der Waals surface area contributed by atoms with Crippen LogP contribution in [0.4, 0.5) is 8.78 Å². The minimum atomic E-state index is -3.91. The van der Waals surface area contributed by atoms with Gasteiger partial charge in [-0.05, 0) is 35.9 Å². The van der Waals surface area contributed by atoms with Crippen molar-refractivity contribution in [3.05, 3.63) is 69.8 Å². The average molecular weight is 495 g/mol. The van der Waals surface area contributed by atoms with Gasteiger partial charge < -0.3 is 14.2 Å². The van der Waals surface area contributed by atoms with Crippen LogP contribution in [0, 0.1) is 11.3 Å². The highest BCUT2D eigenvalue weighted by atomic mass is 35.5. The van der Waals surface area contributed by atoms with E-state index in [1.54, 1.807) is 18.2 Å². The third-order valence-corrected chi connectivity index (χ3v) is 5.43. The molecule has 0 unspecified atom stereocenters. The summed E-state index contributed by atoms with van der Waals surface area (Å²) >= 11 is 11.8. The Labute approximate surface area is 196 Å². The van der Waals surface area contributed by atoms with Crippen LogP contribution in [0.1, 0.15) is 47.7 Å². The Balaban J connectivity index is 2.05. The summed E-state index contributed by atoms with van der Waals surface area (Å²) in [5.41, 5.74) is 1.01. The molecule has 2 aromatic carbocycles. The molecule has 0 saturated carbocycles. The lowest BCUT2D eigenvalue weighted by molar-refractivity contribution is -0.188. The average Bonchev–Trinajstić information content (AvgIpc) is 3.17. The lowest BCUT2D eigenvalue weighted by Gasteiger charge is -2.23. The molecule has 12 heteroatoms. The van der Waals surface area contributed by atoms with Crippen molar-refractivity contribution in [2.45, 2.75) is 24.7 Å². The second-order valence-electron chi connectivity index (χ2n) is 6.92. The summed E-state index contributed by atoms with van der Waals surface area (Å²) in [6.45, 7) is 1.13. The van der Waals surface area contributed by atoms with Crippen molar-refractivity contribution in [2.75, 3.05) is 7.11 Å². The van der Waals surface area contributed by atoms with Gasteiger partial charge in [0.2, 0.25) is 11.6 Å². The number of esters is 1. The Hall–Kier alpha value is -3.26. The molecule has 2 heterocycles. The van der Waals surface area contributed by atoms with E-state index in [1.807, 2.05) is 6.07 Å². The maximum Gasteiger partial charge on any atom is 0.382 e. The van der Waals surface area contributed by atoms with E-state index in [4.69, 9.17) is 37.4 Å². The van der Waals surface area contributed by atoms with Gasteiger partial charge in [0.05, 0.1) is 29.5 Å². The number of alkyl halides is 3.